The summed E-state index contributed by atoms with van der Waals surface area (Å²) in [6.45, 7) is 4.26. The maximum Gasteiger partial charge on any atom is 0.0576 e. The van der Waals surface area contributed by atoms with E-state index in [0.717, 1.165) is 19.1 Å². The van der Waals surface area contributed by atoms with Gasteiger partial charge in [0.25, 0.3) is 0 Å². The topological polar surface area (TPSA) is 21.3 Å². The summed E-state index contributed by atoms with van der Waals surface area (Å²) in [7, 11) is 0. The van der Waals surface area contributed by atoms with Crippen LogP contribution >= 0.6 is 0 Å². The first-order chi connectivity index (χ1) is 9.88. The third-order valence-electron chi connectivity index (χ3n) is 4.89. The highest BCUT2D eigenvalue weighted by Gasteiger charge is 2.31. The van der Waals surface area contributed by atoms with Crippen LogP contribution in [0.15, 0.2) is 24.3 Å². The number of hydrogen-bond acceptors (Lipinski definition) is 2. The van der Waals surface area contributed by atoms with E-state index >= 15 is 0 Å². The average molecular weight is 273 g/mol. The van der Waals surface area contributed by atoms with Gasteiger partial charge in [0.15, 0.2) is 0 Å². The summed E-state index contributed by atoms with van der Waals surface area (Å²) in [5.41, 5.74) is 3.09. The van der Waals surface area contributed by atoms with Gasteiger partial charge in [0.05, 0.1) is 6.10 Å². The van der Waals surface area contributed by atoms with Crippen LogP contribution in [0.4, 0.5) is 0 Å². The SMILES string of the molecule is CCNC1c2ccccc2CC1CCCC1CCCO1. The molecule has 1 aromatic rings. The molecule has 3 atom stereocenters. The average Bonchev–Trinajstić information content (AvgIpc) is 3.08. The molecule has 0 radical (unpaired) electrons. The fraction of sp³-hybridized carbons (Fsp3) is 0.667. The fourth-order valence-corrected chi connectivity index (χ4v) is 3.92. The number of fused-ring (bicyclic) bond motifs is 1. The minimum Gasteiger partial charge on any atom is -0.378 e. The van der Waals surface area contributed by atoms with Crippen LogP contribution in [0.25, 0.3) is 0 Å². The maximum absolute atomic E-state index is 5.74. The van der Waals surface area contributed by atoms with Gasteiger partial charge in [0.1, 0.15) is 0 Å². The number of nitrogens with one attached hydrogen (secondary N) is 1. The summed E-state index contributed by atoms with van der Waals surface area (Å²) in [4.78, 5) is 0. The van der Waals surface area contributed by atoms with Crippen molar-refractivity contribution in [3.8, 4) is 0 Å². The lowest BCUT2D eigenvalue weighted by Crippen LogP contribution is -2.25. The molecule has 1 fully saturated rings. The number of benzene rings is 1. The summed E-state index contributed by atoms with van der Waals surface area (Å²) >= 11 is 0. The van der Waals surface area contributed by atoms with E-state index in [1.54, 1.807) is 5.56 Å². The lowest BCUT2D eigenvalue weighted by Gasteiger charge is -2.22. The Kier molecular flexibility index (Phi) is 4.74. The molecule has 2 aliphatic rings. The number of hydrogen-bond donors (Lipinski definition) is 1. The maximum atomic E-state index is 5.74. The number of ether oxygens (including phenoxy) is 1. The highest BCUT2D eigenvalue weighted by atomic mass is 16.5. The van der Waals surface area contributed by atoms with E-state index in [-0.39, 0.29) is 0 Å². The lowest BCUT2D eigenvalue weighted by atomic mass is 9.93. The molecule has 1 aliphatic carbocycles. The Morgan fingerprint density at radius 3 is 2.95 bits per heavy atom. The molecule has 0 spiro atoms. The van der Waals surface area contributed by atoms with Gasteiger partial charge in [0, 0.05) is 12.6 Å². The van der Waals surface area contributed by atoms with Crippen LogP contribution in [0, 0.1) is 5.92 Å². The Bertz CT molecular complexity index is 425. The molecule has 1 aliphatic heterocycles. The summed E-state index contributed by atoms with van der Waals surface area (Å²) in [5.74, 6) is 0.772. The van der Waals surface area contributed by atoms with Crippen molar-refractivity contribution in [2.45, 2.75) is 57.6 Å². The normalized spacial score (nSPS) is 28.8. The zero-order valence-corrected chi connectivity index (χ0v) is 12.6. The van der Waals surface area contributed by atoms with Gasteiger partial charge >= 0.3 is 0 Å². The number of rotatable bonds is 6. The molecule has 2 heteroatoms. The molecule has 20 heavy (non-hydrogen) atoms. The molecule has 2 nitrogen and oxygen atoms in total. The van der Waals surface area contributed by atoms with Crippen molar-refractivity contribution in [1.29, 1.82) is 0 Å². The quantitative estimate of drug-likeness (QED) is 0.850. The van der Waals surface area contributed by atoms with Crippen molar-refractivity contribution in [2.75, 3.05) is 13.2 Å². The first-order valence-corrected chi connectivity index (χ1v) is 8.31. The van der Waals surface area contributed by atoms with Crippen LogP contribution in [0.2, 0.25) is 0 Å². The Morgan fingerprint density at radius 2 is 2.15 bits per heavy atom. The van der Waals surface area contributed by atoms with Gasteiger partial charge in [0.2, 0.25) is 0 Å². The largest absolute Gasteiger partial charge is 0.378 e. The van der Waals surface area contributed by atoms with Crippen molar-refractivity contribution >= 4 is 0 Å². The molecule has 110 valence electrons. The molecule has 3 rings (SSSR count). The second-order valence-electron chi connectivity index (χ2n) is 6.26. The van der Waals surface area contributed by atoms with Crippen molar-refractivity contribution < 1.29 is 4.74 Å². The minimum atomic E-state index is 0.552. The Hall–Kier alpha value is -0.860. The van der Waals surface area contributed by atoms with Gasteiger partial charge in [-0.3, -0.25) is 0 Å². The molecule has 1 aromatic carbocycles. The van der Waals surface area contributed by atoms with Crippen LogP contribution in [0.1, 0.15) is 56.2 Å². The third-order valence-corrected chi connectivity index (χ3v) is 4.89. The Balaban J connectivity index is 1.56. The van der Waals surface area contributed by atoms with Gasteiger partial charge in [-0.25, -0.2) is 0 Å². The van der Waals surface area contributed by atoms with E-state index in [2.05, 4.69) is 36.5 Å². The van der Waals surface area contributed by atoms with Crippen LogP contribution < -0.4 is 5.32 Å². The zero-order valence-electron chi connectivity index (χ0n) is 12.6. The van der Waals surface area contributed by atoms with Gasteiger partial charge in [-0.2, -0.15) is 0 Å². The van der Waals surface area contributed by atoms with Crippen LogP contribution in [0.3, 0.4) is 0 Å². The predicted molar refractivity (Wildman–Crippen MR) is 82.9 cm³/mol. The zero-order chi connectivity index (χ0) is 13.8. The fourth-order valence-electron chi connectivity index (χ4n) is 3.92. The molecule has 3 unspecified atom stereocenters. The first-order valence-electron chi connectivity index (χ1n) is 8.31. The second kappa shape index (κ2) is 6.73. The summed E-state index contributed by atoms with van der Waals surface area (Å²) in [6.07, 6.45) is 8.24. The van der Waals surface area contributed by atoms with E-state index < -0.39 is 0 Å². The summed E-state index contributed by atoms with van der Waals surface area (Å²) in [5, 5.41) is 3.70. The van der Waals surface area contributed by atoms with E-state index in [1.807, 2.05) is 0 Å². The monoisotopic (exact) mass is 273 g/mol. The molecule has 0 aromatic heterocycles. The molecule has 1 heterocycles. The Morgan fingerprint density at radius 1 is 1.25 bits per heavy atom. The smallest absolute Gasteiger partial charge is 0.0576 e. The highest BCUT2D eigenvalue weighted by molar-refractivity contribution is 5.35. The van der Waals surface area contributed by atoms with Gasteiger partial charge in [-0.05, 0) is 55.7 Å². The van der Waals surface area contributed by atoms with Crippen molar-refractivity contribution in [3.63, 3.8) is 0 Å². The molecule has 1 saturated heterocycles. The van der Waals surface area contributed by atoms with Gasteiger partial charge in [-0.1, -0.05) is 37.6 Å². The minimum absolute atomic E-state index is 0.552. The van der Waals surface area contributed by atoms with Crippen molar-refractivity contribution in [2.24, 2.45) is 5.92 Å². The van der Waals surface area contributed by atoms with Crippen LogP contribution in [-0.4, -0.2) is 19.3 Å². The molecular formula is C18H27NO. The second-order valence-corrected chi connectivity index (χ2v) is 6.26. The van der Waals surface area contributed by atoms with E-state index in [9.17, 15) is 0 Å². The molecule has 1 N–H and O–H groups in total. The highest BCUT2D eigenvalue weighted by Crippen LogP contribution is 2.38. The van der Waals surface area contributed by atoms with Gasteiger partial charge < -0.3 is 10.1 Å². The van der Waals surface area contributed by atoms with Crippen LogP contribution in [0.5, 0.6) is 0 Å². The van der Waals surface area contributed by atoms with Crippen LogP contribution in [-0.2, 0) is 11.2 Å². The summed E-state index contributed by atoms with van der Waals surface area (Å²) in [6, 6.07) is 9.54. The van der Waals surface area contributed by atoms with Gasteiger partial charge in [-0.15, -0.1) is 0 Å². The van der Waals surface area contributed by atoms with Crippen molar-refractivity contribution in [1.82, 2.24) is 5.32 Å². The molecule has 0 saturated carbocycles. The van der Waals surface area contributed by atoms with E-state index in [1.165, 1.54) is 44.1 Å². The Labute approximate surface area is 122 Å². The van der Waals surface area contributed by atoms with Crippen molar-refractivity contribution in [3.05, 3.63) is 35.4 Å². The molecular weight excluding hydrogens is 246 g/mol. The molecule has 0 bridgehead atoms. The van der Waals surface area contributed by atoms with E-state index in [0.29, 0.717) is 12.1 Å². The standard InChI is InChI=1S/C18H27NO/c1-2-19-18-15(8-5-9-16-10-6-12-20-16)13-14-7-3-4-11-17(14)18/h3-4,7,11,15-16,18-19H,2,5-6,8-10,12-13H2,1H3. The lowest BCUT2D eigenvalue weighted by molar-refractivity contribution is 0.100. The molecule has 0 amide bonds. The van der Waals surface area contributed by atoms with E-state index in [4.69, 9.17) is 4.74 Å². The third kappa shape index (κ3) is 3.07. The summed E-state index contributed by atoms with van der Waals surface area (Å²) < 4.78 is 5.74. The predicted octanol–water partition coefficient (Wildman–Crippen LogP) is 3.86. The first kappa shape index (κ1) is 14.1.